The molecule has 0 aromatic heterocycles. The Kier molecular flexibility index (Phi) is 13.3. The van der Waals surface area contributed by atoms with Gasteiger partial charge >= 0.3 is 0 Å². The summed E-state index contributed by atoms with van der Waals surface area (Å²) in [5.74, 6) is 1.16. The summed E-state index contributed by atoms with van der Waals surface area (Å²) in [5, 5.41) is 0.763. The van der Waals surface area contributed by atoms with Crippen LogP contribution in [0, 0.1) is 0 Å². The van der Waals surface area contributed by atoms with Crippen LogP contribution in [0.5, 0.6) is 0 Å². The number of aldehydes is 1. The maximum atomic E-state index is 8.81. The van der Waals surface area contributed by atoms with E-state index in [1.54, 1.807) is 0 Å². The predicted octanol–water partition coefficient (Wildman–Crippen LogP) is 2.24. The maximum absolute atomic E-state index is 8.81. The fourth-order valence-corrected chi connectivity index (χ4v) is 1.10. The highest BCUT2D eigenvalue weighted by Crippen LogP contribution is 2.09. The Hall–Kier alpha value is -0.0200. The lowest BCUT2D eigenvalue weighted by Gasteiger charge is -2.14. The van der Waals surface area contributed by atoms with Crippen LogP contribution < -0.4 is 0 Å². The number of carbonyl (C=O) groups excluding carboxylic acids is 1. The molecule has 0 aliphatic heterocycles. The SMILES string of the molecule is CC=O.CCN(C)CSC(C)C. The minimum Gasteiger partial charge on any atom is -0.304 e. The van der Waals surface area contributed by atoms with E-state index in [-0.39, 0.29) is 0 Å². The third kappa shape index (κ3) is 16.5. The van der Waals surface area contributed by atoms with Crippen molar-refractivity contribution in [2.45, 2.75) is 32.9 Å². The van der Waals surface area contributed by atoms with Gasteiger partial charge in [-0.25, -0.2) is 0 Å². The summed E-state index contributed by atoms with van der Waals surface area (Å²) in [6.45, 7) is 9.24. The molecular formula is C9H21NOS. The van der Waals surface area contributed by atoms with Gasteiger partial charge < -0.3 is 4.79 Å². The number of carbonyl (C=O) groups is 1. The fraction of sp³-hybridized carbons (Fsp3) is 0.889. The number of rotatable bonds is 4. The van der Waals surface area contributed by atoms with Crippen LogP contribution >= 0.6 is 11.8 Å². The molecule has 0 unspecified atom stereocenters. The monoisotopic (exact) mass is 191 g/mol. The summed E-state index contributed by atoms with van der Waals surface area (Å²) in [7, 11) is 2.15. The van der Waals surface area contributed by atoms with Gasteiger partial charge in [0.2, 0.25) is 0 Å². The lowest BCUT2D eigenvalue weighted by atomic mass is 10.6. The Balaban J connectivity index is 0. The lowest BCUT2D eigenvalue weighted by molar-refractivity contribution is -0.106. The van der Waals surface area contributed by atoms with Gasteiger partial charge in [-0.2, -0.15) is 0 Å². The normalized spacial score (nSPS) is 9.58. The highest BCUT2D eigenvalue weighted by Gasteiger charge is 1.96. The number of nitrogens with zero attached hydrogens (tertiary/aromatic N) is 1. The summed E-state index contributed by atoms with van der Waals surface area (Å²) >= 11 is 1.99. The largest absolute Gasteiger partial charge is 0.304 e. The Labute approximate surface area is 80.7 Å². The third-order valence-electron chi connectivity index (χ3n) is 1.17. The molecule has 0 aliphatic carbocycles. The molecule has 12 heavy (non-hydrogen) atoms. The first-order valence-electron chi connectivity index (χ1n) is 4.28. The fourth-order valence-electron chi connectivity index (χ4n) is 0.368. The Morgan fingerprint density at radius 3 is 2.17 bits per heavy atom. The van der Waals surface area contributed by atoms with Crippen LogP contribution in [0.1, 0.15) is 27.7 Å². The van der Waals surface area contributed by atoms with Crippen LogP contribution in [0.2, 0.25) is 0 Å². The van der Waals surface area contributed by atoms with Gasteiger partial charge in [0.25, 0.3) is 0 Å². The van der Waals surface area contributed by atoms with Gasteiger partial charge in [0, 0.05) is 11.1 Å². The molecule has 74 valence electrons. The third-order valence-corrected chi connectivity index (χ3v) is 2.42. The van der Waals surface area contributed by atoms with Gasteiger partial charge in [-0.1, -0.05) is 20.8 Å². The minimum absolute atomic E-state index is 0.750. The maximum Gasteiger partial charge on any atom is 0.116 e. The first-order valence-corrected chi connectivity index (χ1v) is 5.33. The van der Waals surface area contributed by atoms with Crippen molar-refractivity contribution in [2.75, 3.05) is 19.5 Å². The van der Waals surface area contributed by atoms with E-state index in [4.69, 9.17) is 4.79 Å². The standard InChI is InChI=1S/C7H17NS.C2H4O/c1-5-8(4)6-9-7(2)3;1-2-3/h7H,5-6H2,1-4H3;2H,1H3. The van der Waals surface area contributed by atoms with Gasteiger partial charge in [0.15, 0.2) is 0 Å². The first-order chi connectivity index (χ1) is 5.58. The van der Waals surface area contributed by atoms with E-state index in [1.807, 2.05) is 11.8 Å². The van der Waals surface area contributed by atoms with Gasteiger partial charge in [0.05, 0.1) is 0 Å². The highest BCUT2D eigenvalue weighted by atomic mass is 32.2. The number of hydrogen-bond acceptors (Lipinski definition) is 3. The Morgan fingerprint density at radius 2 is 1.92 bits per heavy atom. The van der Waals surface area contributed by atoms with E-state index in [9.17, 15) is 0 Å². The topological polar surface area (TPSA) is 20.3 Å². The summed E-state index contributed by atoms with van der Waals surface area (Å²) in [4.78, 5) is 11.1. The van der Waals surface area contributed by atoms with Crippen molar-refractivity contribution in [2.24, 2.45) is 0 Å². The van der Waals surface area contributed by atoms with Gasteiger partial charge in [0.1, 0.15) is 6.29 Å². The molecule has 0 heterocycles. The summed E-state index contributed by atoms with van der Waals surface area (Å²) in [6.07, 6.45) is 0.750. The number of thioether (sulfide) groups is 1. The molecule has 0 N–H and O–H groups in total. The van der Waals surface area contributed by atoms with Crippen LogP contribution in [0.15, 0.2) is 0 Å². The van der Waals surface area contributed by atoms with Crippen molar-refractivity contribution in [3.05, 3.63) is 0 Å². The molecule has 0 bridgehead atoms. The molecule has 0 rings (SSSR count). The summed E-state index contributed by atoms with van der Waals surface area (Å²) in [5.41, 5.74) is 0. The minimum atomic E-state index is 0.750. The molecule has 0 amide bonds. The molecule has 0 radical (unpaired) electrons. The number of hydrogen-bond donors (Lipinski definition) is 0. The second-order valence-electron chi connectivity index (χ2n) is 2.75. The van der Waals surface area contributed by atoms with E-state index >= 15 is 0 Å². The molecule has 0 saturated heterocycles. The molecule has 0 atom stereocenters. The van der Waals surface area contributed by atoms with E-state index in [0.29, 0.717) is 0 Å². The van der Waals surface area contributed by atoms with E-state index < -0.39 is 0 Å². The van der Waals surface area contributed by atoms with Crippen LogP contribution in [-0.2, 0) is 4.79 Å². The lowest BCUT2D eigenvalue weighted by Crippen LogP contribution is -2.17. The van der Waals surface area contributed by atoms with Gasteiger partial charge in [-0.05, 0) is 20.5 Å². The zero-order chi connectivity index (χ0) is 9.98. The molecule has 0 fully saturated rings. The zero-order valence-corrected chi connectivity index (χ0v) is 9.65. The molecule has 0 spiro atoms. The van der Waals surface area contributed by atoms with Crippen molar-refractivity contribution in [1.82, 2.24) is 4.90 Å². The van der Waals surface area contributed by atoms with Crippen molar-refractivity contribution < 1.29 is 4.79 Å². The molecule has 0 aromatic rings. The Bertz CT molecular complexity index is 96.5. The van der Waals surface area contributed by atoms with Gasteiger partial charge in [-0.15, -0.1) is 11.8 Å². The van der Waals surface area contributed by atoms with Crippen molar-refractivity contribution in [1.29, 1.82) is 0 Å². The van der Waals surface area contributed by atoms with E-state index in [1.165, 1.54) is 6.92 Å². The van der Waals surface area contributed by atoms with E-state index in [2.05, 4.69) is 32.7 Å². The molecule has 0 aliphatic rings. The summed E-state index contributed by atoms with van der Waals surface area (Å²) in [6, 6.07) is 0. The average Bonchev–Trinajstić information content (AvgIpc) is 2.01. The van der Waals surface area contributed by atoms with Crippen molar-refractivity contribution in [3.8, 4) is 0 Å². The van der Waals surface area contributed by atoms with Gasteiger partial charge in [-0.3, -0.25) is 4.90 Å². The van der Waals surface area contributed by atoms with Crippen LogP contribution in [0.4, 0.5) is 0 Å². The highest BCUT2D eigenvalue weighted by molar-refractivity contribution is 7.99. The quantitative estimate of drug-likeness (QED) is 0.502. The van der Waals surface area contributed by atoms with Crippen molar-refractivity contribution in [3.63, 3.8) is 0 Å². The molecule has 0 saturated carbocycles. The molecular weight excluding hydrogens is 170 g/mol. The smallest absolute Gasteiger partial charge is 0.116 e. The van der Waals surface area contributed by atoms with Crippen LogP contribution in [-0.4, -0.2) is 35.9 Å². The second-order valence-corrected chi connectivity index (χ2v) is 4.29. The predicted molar refractivity (Wildman–Crippen MR) is 57.6 cm³/mol. The van der Waals surface area contributed by atoms with Crippen molar-refractivity contribution >= 4 is 18.0 Å². The van der Waals surface area contributed by atoms with E-state index in [0.717, 1.165) is 24.0 Å². The van der Waals surface area contributed by atoms with Crippen LogP contribution in [0.25, 0.3) is 0 Å². The average molecular weight is 191 g/mol. The molecule has 2 nitrogen and oxygen atoms in total. The first kappa shape index (κ1) is 14.5. The molecule has 3 heteroatoms. The zero-order valence-electron chi connectivity index (χ0n) is 8.83. The summed E-state index contributed by atoms with van der Waals surface area (Å²) < 4.78 is 0. The Morgan fingerprint density at radius 1 is 1.50 bits per heavy atom. The molecule has 0 aromatic carbocycles. The second kappa shape index (κ2) is 11.0. The van der Waals surface area contributed by atoms with Crippen LogP contribution in [0.3, 0.4) is 0 Å².